The number of methoxy groups -OCH3 is 1. The molecule has 0 unspecified atom stereocenters. The van der Waals surface area contributed by atoms with Crippen LogP contribution in [-0.4, -0.2) is 29.3 Å². The highest BCUT2D eigenvalue weighted by atomic mass is 16.5. The Morgan fingerprint density at radius 2 is 2.13 bits per heavy atom. The van der Waals surface area contributed by atoms with Crippen LogP contribution in [0.3, 0.4) is 0 Å². The second-order valence-corrected chi connectivity index (χ2v) is 4.87. The van der Waals surface area contributed by atoms with Crippen molar-refractivity contribution in [2.24, 2.45) is 5.10 Å². The first kappa shape index (κ1) is 14.6. The predicted molar refractivity (Wildman–Crippen MR) is 88.0 cm³/mol. The lowest BCUT2D eigenvalue weighted by atomic mass is 10.2. The molecule has 6 nitrogen and oxygen atoms in total. The van der Waals surface area contributed by atoms with E-state index in [1.165, 1.54) is 18.3 Å². The summed E-state index contributed by atoms with van der Waals surface area (Å²) in [5, 5.41) is 14.5. The van der Waals surface area contributed by atoms with Crippen LogP contribution in [0.4, 0.5) is 0 Å². The second kappa shape index (κ2) is 6.23. The van der Waals surface area contributed by atoms with Crippen molar-refractivity contribution >= 4 is 23.0 Å². The van der Waals surface area contributed by atoms with Gasteiger partial charge in [-0.15, -0.1) is 0 Å². The van der Waals surface area contributed by atoms with Crippen molar-refractivity contribution in [3.05, 3.63) is 59.8 Å². The maximum Gasteiger partial charge on any atom is 0.275 e. The van der Waals surface area contributed by atoms with Crippen LogP contribution < -0.4 is 10.2 Å². The highest BCUT2D eigenvalue weighted by Gasteiger charge is 2.09. The monoisotopic (exact) mass is 309 g/mol. The molecule has 0 spiro atoms. The SMILES string of the molecule is COc1ccc2[nH]cc(/C=N/NC(=O)c3ccccc3O)c2c1. The fourth-order valence-corrected chi connectivity index (χ4v) is 2.24. The molecule has 6 heteroatoms. The number of rotatable bonds is 4. The summed E-state index contributed by atoms with van der Waals surface area (Å²) in [4.78, 5) is 15.1. The summed E-state index contributed by atoms with van der Waals surface area (Å²) < 4.78 is 5.20. The average molecular weight is 309 g/mol. The highest BCUT2D eigenvalue weighted by molar-refractivity contribution is 6.01. The maximum atomic E-state index is 11.9. The molecular formula is C17H15N3O3. The van der Waals surface area contributed by atoms with E-state index >= 15 is 0 Å². The van der Waals surface area contributed by atoms with Gasteiger partial charge < -0.3 is 14.8 Å². The predicted octanol–water partition coefficient (Wildman–Crippen LogP) is 2.65. The molecule has 0 saturated heterocycles. The van der Waals surface area contributed by atoms with E-state index in [1.54, 1.807) is 25.4 Å². The van der Waals surface area contributed by atoms with Gasteiger partial charge >= 0.3 is 0 Å². The highest BCUT2D eigenvalue weighted by Crippen LogP contribution is 2.22. The fourth-order valence-electron chi connectivity index (χ4n) is 2.24. The molecule has 0 fully saturated rings. The lowest BCUT2D eigenvalue weighted by Crippen LogP contribution is -2.17. The molecule has 0 radical (unpaired) electrons. The van der Waals surface area contributed by atoms with Gasteiger partial charge in [0.05, 0.1) is 18.9 Å². The van der Waals surface area contributed by atoms with Crippen LogP contribution in [0.2, 0.25) is 0 Å². The average Bonchev–Trinajstić information content (AvgIpc) is 2.97. The molecule has 2 aromatic carbocycles. The molecule has 0 aliphatic rings. The zero-order chi connectivity index (χ0) is 16.2. The van der Waals surface area contributed by atoms with E-state index in [1.807, 2.05) is 18.2 Å². The van der Waals surface area contributed by atoms with Gasteiger partial charge in [-0.2, -0.15) is 5.10 Å². The zero-order valence-corrected chi connectivity index (χ0v) is 12.4. The number of hydrogen-bond donors (Lipinski definition) is 3. The summed E-state index contributed by atoms with van der Waals surface area (Å²) in [5.74, 6) is 0.179. The Morgan fingerprint density at radius 1 is 1.30 bits per heavy atom. The Hall–Kier alpha value is -3.28. The second-order valence-electron chi connectivity index (χ2n) is 4.87. The van der Waals surface area contributed by atoms with Crippen LogP contribution in [0.1, 0.15) is 15.9 Å². The van der Waals surface area contributed by atoms with E-state index in [2.05, 4.69) is 15.5 Å². The van der Waals surface area contributed by atoms with Gasteiger partial charge in [-0.05, 0) is 30.3 Å². The Bertz CT molecular complexity index is 884. The number of carbonyl (C=O) groups is 1. The van der Waals surface area contributed by atoms with Gasteiger partial charge in [-0.25, -0.2) is 5.43 Å². The van der Waals surface area contributed by atoms with Gasteiger partial charge in [0.25, 0.3) is 5.91 Å². The molecular weight excluding hydrogens is 294 g/mol. The Morgan fingerprint density at radius 3 is 2.91 bits per heavy atom. The van der Waals surface area contributed by atoms with Crippen LogP contribution >= 0.6 is 0 Å². The molecule has 3 rings (SSSR count). The molecule has 3 aromatic rings. The summed E-state index contributed by atoms with van der Waals surface area (Å²) in [6.07, 6.45) is 3.33. The quantitative estimate of drug-likeness (QED) is 0.511. The molecule has 116 valence electrons. The fraction of sp³-hybridized carbons (Fsp3) is 0.0588. The van der Waals surface area contributed by atoms with Crippen molar-refractivity contribution in [3.8, 4) is 11.5 Å². The van der Waals surface area contributed by atoms with Gasteiger partial charge in [0.15, 0.2) is 0 Å². The molecule has 1 aromatic heterocycles. The van der Waals surface area contributed by atoms with Crippen molar-refractivity contribution in [1.29, 1.82) is 0 Å². The van der Waals surface area contributed by atoms with Crippen molar-refractivity contribution in [2.75, 3.05) is 7.11 Å². The number of carbonyl (C=O) groups excluding carboxylic acids is 1. The molecule has 3 N–H and O–H groups in total. The molecule has 1 heterocycles. The normalized spacial score (nSPS) is 11.0. The van der Waals surface area contributed by atoms with Gasteiger partial charge in [0, 0.05) is 22.7 Å². The van der Waals surface area contributed by atoms with Gasteiger partial charge in [-0.3, -0.25) is 4.79 Å². The maximum absolute atomic E-state index is 11.9. The number of benzene rings is 2. The third kappa shape index (κ3) is 3.01. The topological polar surface area (TPSA) is 86.7 Å². The largest absolute Gasteiger partial charge is 0.507 e. The van der Waals surface area contributed by atoms with Crippen LogP contribution in [0, 0.1) is 0 Å². The third-order valence-corrected chi connectivity index (χ3v) is 3.44. The molecule has 0 bridgehead atoms. The number of aromatic nitrogens is 1. The number of hydrogen-bond acceptors (Lipinski definition) is 4. The number of aromatic amines is 1. The number of H-pyrrole nitrogens is 1. The number of nitrogens with one attached hydrogen (secondary N) is 2. The number of ether oxygens (including phenoxy) is 1. The Kier molecular flexibility index (Phi) is 3.97. The number of phenolic OH excluding ortho intramolecular Hbond substituents is 1. The van der Waals surface area contributed by atoms with E-state index in [0.29, 0.717) is 0 Å². The molecule has 0 aliphatic heterocycles. The molecule has 23 heavy (non-hydrogen) atoms. The molecule has 1 amide bonds. The van der Waals surface area contributed by atoms with E-state index in [0.717, 1.165) is 22.2 Å². The van der Waals surface area contributed by atoms with Crippen LogP contribution in [0.25, 0.3) is 10.9 Å². The third-order valence-electron chi connectivity index (χ3n) is 3.44. The number of amides is 1. The van der Waals surface area contributed by atoms with Crippen molar-refractivity contribution < 1.29 is 14.6 Å². The standard InChI is InChI=1S/C17H15N3O3/c1-23-12-6-7-15-14(8-12)11(9-18-15)10-19-20-17(22)13-4-2-3-5-16(13)21/h2-10,18,21H,1H3,(H,20,22)/b19-10+. The number of fused-ring (bicyclic) bond motifs is 1. The van der Waals surface area contributed by atoms with Crippen molar-refractivity contribution in [2.45, 2.75) is 0 Å². The molecule has 0 aliphatic carbocycles. The Labute approximate surface area is 132 Å². The first-order valence-electron chi connectivity index (χ1n) is 6.95. The smallest absolute Gasteiger partial charge is 0.275 e. The van der Waals surface area contributed by atoms with Crippen LogP contribution in [0.15, 0.2) is 53.8 Å². The van der Waals surface area contributed by atoms with Gasteiger partial charge in [-0.1, -0.05) is 12.1 Å². The summed E-state index contributed by atoms with van der Waals surface area (Å²) in [7, 11) is 1.61. The summed E-state index contributed by atoms with van der Waals surface area (Å²) in [5.41, 5.74) is 4.33. The molecule has 0 saturated carbocycles. The number of phenols is 1. The Balaban J connectivity index is 1.78. The zero-order valence-electron chi connectivity index (χ0n) is 12.4. The number of aromatic hydroxyl groups is 1. The van der Waals surface area contributed by atoms with Crippen molar-refractivity contribution in [3.63, 3.8) is 0 Å². The summed E-state index contributed by atoms with van der Waals surface area (Å²) in [6.45, 7) is 0. The van der Waals surface area contributed by atoms with Gasteiger partial charge in [0.1, 0.15) is 11.5 Å². The summed E-state index contributed by atoms with van der Waals surface area (Å²) in [6, 6.07) is 11.9. The lowest BCUT2D eigenvalue weighted by Gasteiger charge is -2.02. The van der Waals surface area contributed by atoms with Crippen molar-refractivity contribution in [1.82, 2.24) is 10.4 Å². The first-order chi connectivity index (χ1) is 11.2. The number of hydrazone groups is 1. The van der Waals surface area contributed by atoms with E-state index in [4.69, 9.17) is 4.74 Å². The summed E-state index contributed by atoms with van der Waals surface area (Å²) >= 11 is 0. The van der Waals surface area contributed by atoms with E-state index in [9.17, 15) is 9.90 Å². The van der Waals surface area contributed by atoms with E-state index in [-0.39, 0.29) is 11.3 Å². The minimum atomic E-state index is -0.475. The van der Waals surface area contributed by atoms with Crippen LogP contribution in [0.5, 0.6) is 11.5 Å². The minimum Gasteiger partial charge on any atom is -0.507 e. The lowest BCUT2D eigenvalue weighted by molar-refractivity contribution is 0.0952. The van der Waals surface area contributed by atoms with E-state index < -0.39 is 5.91 Å². The van der Waals surface area contributed by atoms with Crippen LogP contribution in [-0.2, 0) is 0 Å². The first-order valence-corrected chi connectivity index (χ1v) is 6.95. The number of nitrogens with zero attached hydrogens (tertiary/aromatic N) is 1. The molecule has 0 atom stereocenters. The number of para-hydroxylation sites is 1. The minimum absolute atomic E-state index is 0.0861. The van der Waals surface area contributed by atoms with Gasteiger partial charge in [0.2, 0.25) is 0 Å².